The van der Waals surface area contributed by atoms with E-state index in [1.807, 2.05) is 0 Å². The van der Waals surface area contributed by atoms with E-state index in [2.05, 4.69) is 4.98 Å². The maximum atomic E-state index is 13.5. The summed E-state index contributed by atoms with van der Waals surface area (Å²) in [6.07, 6.45) is -1.07. The summed E-state index contributed by atoms with van der Waals surface area (Å²) >= 11 is 0. The summed E-state index contributed by atoms with van der Waals surface area (Å²) in [5.74, 6) is -1.53. The number of carbonyl (C=O) groups is 3. The van der Waals surface area contributed by atoms with E-state index in [0.29, 0.717) is 33.4 Å². The number of hydrogen-bond donors (Lipinski definition) is 1. The van der Waals surface area contributed by atoms with Crippen LogP contribution in [0.15, 0.2) is 35.1 Å². The molecule has 1 unspecified atom stereocenters. The second-order valence-corrected chi connectivity index (χ2v) is 8.24. The van der Waals surface area contributed by atoms with Gasteiger partial charge in [-0.25, -0.2) is 9.78 Å². The van der Waals surface area contributed by atoms with Crippen molar-refractivity contribution < 1.29 is 29.0 Å². The maximum absolute atomic E-state index is 13.5. The van der Waals surface area contributed by atoms with Crippen molar-refractivity contribution in [2.24, 2.45) is 0 Å². The predicted octanol–water partition coefficient (Wildman–Crippen LogP) is 2.34. The van der Waals surface area contributed by atoms with Gasteiger partial charge in [-0.1, -0.05) is 6.92 Å². The zero-order valence-corrected chi connectivity index (χ0v) is 18.2. The van der Waals surface area contributed by atoms with Crippen molar-refractivity contribution >= 4 is 28.6 Å². The third kappa shape index (κ3) is 2.92. The molecule has 0 saturated carbocycles. The van der Waals surface area contributed by atoms with Crippen molar-refractivity contribution in [3.05, 3.63) is 62.9 Å². The Morgan fingerprint density at radius 2 is 2.00 bits per heavy atom. The number of aromatic nitrogens is 2. The molecular weight excluding hydrogens is 428 g/mol. The summed E-state index contributed by atoms with van der Waals surface area (Å²) < 4.78 is 11.9. The molecule has 5 rings (SSSR count). The molecule has 9 nitrogen and oxygen atoms in total. The predicted molar refractivity (Wildman–Crippen MR) is 115 cm³/mol. The highest BCUT2D eigenvalue weighted by Crippen LogP contribution is 2.43. The molecule has 3 aromatic rings. The normalized spacial score (nSPS) is 20.6. The monoisotopic (exact) mass is 448 g/mol. The number of nitrogens with zero attached hydrogens (tertiary/aromatic N) is 2. The summed E-state index contributed by atoms with van der Waals surface area (Å²) in [4.78, 5) is 54.3. The summed E-state index contributed by atoms with van der Waals surface area (Å²) in [6.45, 7) is 4.02. The molecule has 2 atom stereocenters. The Morgan fingerprint density at radius 3 is 2.67 bits per heavy atom. The van der Waals surface area contributed by atoms with E-state index < -0.39 is 29.3 Å². The van der Waals surface area contributed by atoms with E-state index in [0.717, 1.165) is 0 Å². The number of carbonyl (C=O) groups excluding carboxylic acids is 3. The molecule has 2 aromatic heterocycles. The number of hydrogen-bond acceptors (Lipinski definition) is 8. The highest BCUT2D eigenvalue weighted by Gasteiger charge is 2.46. The van der Waals surface area contributed by atoms with Crippen LogP contribution >= 0.6 is 0 Å². The number of esters is 2. The first-order valence-corrected chi connectivity index (χ1v) is 10.5. The van der Waals surface area contributed by atoms with Crippen LogP contribution in [0.25, 0.3) is 22.3 Å². The molecule has 0 spiro atoms. The number of ether oxygens (including phenoxy) is 2. The van der Waals surface area contributed by atoms with Crippen molar-refractivity contribution in [1.29, 1.82) is 0 Å². The van der Waals surface area contributed by atoms with Crippen molar-refractivity contribution in [2.45, 2.75) is 45.6 Å². The average molecular weight is 448 g/mol. The molecule has 0 saturated heterocycles. The third-order valence-corrected chi connectivity index (χ3v) is 6.26. The Hall–Kier alpha value is -3.85. The van der Waals surface area contributed by atoms with Crippen molar-refractivity contribution in [3.8, 4) is 11.4 Å². The van der Waals surface area contributed by atoms with Gasteiger partial charge < -0.3 is 14.6 Å². The Bertz CT molecular complexity index is 1460. The number of rotatable bonds is 3. The third-order valence-electron chi connectivity index (χ3n) is 6.26. The lowest BCUT2D eigenvalue weighted by Crippen LogP contribution is -2.44. The highest BCUT2D eigenvalue weighted by molar-refractivity contribution is 5.98. The van der Waals surface area contributed by atoms with E-state index in [1.54, 1.807) is 37.3 Å². The number of ketones is 1. The molecule has 4 heterocycles. The second kappa shape index (κ2) is 7.08. The Morgan fingerprint density at radius 1 is 1.24 bits per heavy atom. The summed E-state index contributed by atoms with van der Waals surface area (Å²) in [5, 5.41) is 11.7. The van der Waals surface area contributed by atoms with Gasteiger partial charge in [-0.2, -0.15) is 0 Å². The topological polar surface area (TPSA) is 125 Å². The van der Waals surface area contributed by atoms with E-state index in [1.165, 1.54) is 18.4 Å². The van der Waals surface area contributed by atoms with Crippen molar-refractivity contribution in [3.63, 3.8) is 0 Å². The van der Waals surface area contributed by atoms with Crippen molar-refractivity contribution in [2.75, 3.05) is 0 Å². The molecule has 2 aliphatic heterocycles. The van der Waals surface area contributed by atoms with Gasteiger partial charge in [0.2, 0.25) is 6.23 Å². The number of fused-ring (bicyclic) bond motifs is 5. The van der Waals surface area contributed by atoms with Crippen LogP contribution in [0.4, 0.5) is 0 Å². The Balaban J connectivity index is 1.83. The van der Waals surface area contributed by atoms with Gasteiger partial charge in [0, 0.05) is 29.0 Å². The zero-order chi connectivity index (χ0) is 23.7. The first-order chi connectivity index (χ1) is 15.7. The highest BCUT2D eigenvalue weighted by atomic mass is 16.6. The first kappa shape index (κ1) is 21.0. The van der Waals surface area contributed by atoms with Gasteiger partial charge in [-0.3, -0.25) is 19.0 Å². The lowest BCUT2D eigenvalue weighted by atomic mass is 9.86. The van der Waals surface area contributed by atoms with Crippen LogP contribution in [0.3, 0.4) is 0 Å². The lowest BCUT2D eigenvalue weighted by Gasteiger charge is -2.32. The molecule has 0 amide bonds. The number of benzene rings is 1. The fraction of sp³-hybridized carbons (Fsp3) is 0.292. The van der Waals surface area contributed by atoms with Crippen LogP contribution in [0.1, 0.15) is 60.5 Å². The minimum Gasteiger partial charge on any atom is -0.458 e. The Kier molecular flexibility index (Phi) is 4.51. The quantitative estimate of drug-likeness (QED) is 0.478. The fourth-order valence-electron chi connectivity index (χ4n) is 4.51. The Labute approximate surface area is 187 Å². The molecule has 0 bridgehead atoms. The van der Waals surface area contributed by atoms with E-state index in [4.69, 9.17) is 9.47 Å². The minimum atomic E-state index is -1.96. The van der Waals surface area contributed by atoms with Crippen LogP contribution in [-0.4, -0.2) is 32.4 Å². The molecule has 1 N–H and O–H groups in total. The van der Waals surface area contributed by atoms with E-state index >= 15 is 0 Å². The number of pyridine rings is 2. The summed E-state index contributed by atoms with van der Waals surface area (Å²) in [7, 11) is 0. The molecule has 33 heavy (non-hydrogen) atoms. The largest absolute Gasteiger partial charge is 0.458 e. The molecule has 9 heteroatoms. The second-order valence-electron chi connectivity index (χ2n) is 8.24. The number of cyclic esters (lactones) is 1. The molecule has 0 fully saturated rings. The van der Waals surface area contributed by atoms with Gasteiger partial charge in [-0.15, -0.1) is 0 Å². The molecule has 0 aliphatic carbocycles. The SMILES string of the molecule is CC[C@@]1(O)C(=O)OCc2c1cc1n(c2=O)C(OC(C)=O)c2cc3cc(C(C)=O)ccc3nc2-1. The van der Waals surface area contributed by atoms with Gasteiger partial charge in [0.25, 0.3) is 5.56 Å². The molecular formula is C24H20N2O7. The van der Waals surface area contributed by atoms with Crippen LogP contribution in [0.5, 0.6) is 0 Å². The number of aliphatic hydroxyl groups is 1. The van der Waals surface area contributed by atoms with Gasteiger partial charge >= 0.3 is 11.9 Å². The van der Waals surface area contributed by atoms with Crippen LogP contribution in [0.2, 0.25) is 0 Å². The van der Waals surface area contributed by atoms with E-state index in [9.17, 15) is 24.3 Å². The van der Waals surface area contributed by atoms with Gasteiger partial charge in [0.15, 0.2) is 11.4 Å². The molecule has 0 radical (unpaired) electrons. The maximum Gasteiger partial charge on any atom is 0.343 e. The molecule has 168 valence electrons. The smallest absolute Gasteiger partial charge is 0.343 e. The standard InChI is InChI=1S/C24H20N2O7/c1-4-24(31)17-9-19-20-15(8-14-7-13(11(2)27)5-6-18(14)25-20)22(33-12(3)28)26(19)21(29)16(17)10-32-23(24)30/h5-9,22,31H,4,10H2,1-3H3/t22?,24-/m0/s1. The van der Waals surface area contributed by atoms with E-state index in [-0.39, 0.29) is 29.9 Å². The summed E-state index contributed by atoms with van der Waals surface area (Å²) in [5.41, 5.74) is 0.0291. The van der Waals surface area contributed by atoms with Crippen molar-refractivity contribution in [1.82, 2.24) is 9.55 Å². The number of Topliss-reactive ketones (excluding diaryl/α,β-unsaturated/α-hetero) is 1. The lowest BCUT2D eigenvalue weighted by molar-refractivity contribution is -0.172. The zero-order valence-electron chi connectivity index (χ0n) is 18.2. The van der Waals surface area contributed by atoms with Gasteiger partial charge in [0.05, 0.1) is 22.5 Å². The van der Waals surface area contributed by atoms with Crippen LogP contribution in [-0.2, 0) is 31.3 Å². The fourth-order valence-corrected chi connectivity index (χ4v) is 4.51. The first-order valence-electron chi connectivity index (χ1n) is 10.5. The summed E-state index contributed by atoms with van der Waals surface area (Å²) in [6, 6.07) is 8.33. The average Bonchev–Trinajstić information content (AvgIpc) is 3.07. The minimum absolute atomic E-state index is 0.0148. The molecule has 2 aliphatic rings. The van der Waals surface area contributed by atoms with Gasteiger partial charge in [0.1, 0.15) is 6.61 Å². The molecule has 1 aromatic carbocycles. The van der Waals surface area contributed by atoms with Gasteiger partial charge in [-0.05, 0) is 43.7 Å². The van der Waals surface area contributed by atoms with Crippen LogP contribution in [0, 0.1) is 0 Å². The van der Waals surface area contributed by atoms with Crippen LogP contribution < -0.4 is 5.56 Å².